The van der Waals surface area contributed by atoms with Crippen LogP contribution >= 0.6 is 0 Å². The largest absolute Gasteiger partial charge is 0.490 e. The fraction of sp³-hybridized carbons (Fsp3) is 0.415. The van der Waals surface area contributed by atoms with Crippen LogP contribution in [-0.4, -0.2) is 84.4 Å². The molecule has 55 heavy (non-hydrogen) atoms. The minimum absolute atomic E-state index is 0.185. The molecule has 4 aromatic heterocycles. The summed E-state index contributed by atoms with van der Waals surface area (Å²) in [6.07, 6.45) is 19.1. The molecule has 2 aliphatic heterocycles. The molecule has 2 saturated carbocycles. The van der Waals surface area contributed by atoms with Crippen molar-refractivity contribution in [3.05, 3.63) is 78.9 Å². The first-order valence-electron chi connectivity index (χ1n) is 19.6. The number of likely N-dealkylation sites (tertiary alicyclic amines) is 1. The molecule has 0 radical (unpaired) electrons. The molecular formula is C41H46N10O4. The number of imidazole rings is 1. The number of carbonyl (C=O) groups is 3. The van der Waals surface area contributed by atoms with E-state index in [2.05, 4.69) is 58.7 Å². The SMILES string of the molecule is O=C(Nc1cnc2cccnn12)c1cc2cn[nH]c2cc1OC1CC1.O=C1CCN(c2cccc3c2ccn3C2CCN(CC3CCCCC3)CC2)C(=O)N1. The number of ether oxygens (including phenoxy) is 1. The van der Waals surface area contributed by atoms with Crippen molar-refractivity contribution >= 4 is 56.8 Å². The lowest BCUT2D eigenvalue weighted by Gasteiger charge is -2.36. The summed E-state index contributed by atoms with van der Waals surface area (Å²) in [5.74, 6) is 1.50. The molecule has 0 spiro atoms. The minimum atomic E-state index is -0.317. The van der Waals surface area contributed by atoms with Crippen LogP contribution in [0.3, 0.4) is 0 Å². The monoisotopic (exact) mass is 742 g/mol. The first kappa shape index (κ1) is 35.0. The van der Waals surface area contributed by atoms with Gasteiger partial charge >= 0.3 is 6.03 Å². The molecule has 4 fully saturated rings. The highest BCUT2D eigenvalue weighted by atomic mass is 16.5. The second-order valence-electron chi connectivity index (χ2n) is 15.2. The molecule has 284 valence electrons. The van der Waals surface area contributed by atoms with Gasteiger partial charge in [0.25, 0.3) is 5.91 Å². The number of hydrogen-bond acceptors (Lipinski definition) is 8. The fourth-order valence-electron chi connectivity index (χ4n) is 8.35. The molecule has 4 amide bonds. The van der Waals surface area contributed by atoms with E-state index in [0.29, 0.717) is 41.8 Å². The second-order valence-corrected chi connectivity index (χ2v) is 15.2. The maximum atomic E-state index is 12.9. The molecule has 2 aliphatic carbocycles. The van der Waals surface area contributed by atoms with Crippen molar-refractivity contribution in [3.8, 4) is 5.75 Å². The number of carbonyl (C=O) groups excluding carboxylic acids is 3. The summed E-state index contributed by atoms with van der Waals surface area (Å²) < 4.78 is 9.90. The molecule has 14 nitrogen and oxygen atoms in total. The predicted molar refractivity (Wildman–Crippen MR) is 209 cm³/mol. The van der Waals surface area contributed by atoms with E-state index in [4.69, 9.17) is 4.74 Å². The zero-order chi connectivity index (χ0) is 37.3. The highest BCUT2D eigenvalue weighted by molar-refractivity contribution is 6.10. The van der Waals surface area contributed by atoms with Gasteiger partial charge in [-0.3, -0.25) is 24.9 Å². The van der Waals surface area contributed by atoms with Crippen LogP contribution < -0.4 is 20.3 Å². The molecule has 14 heteroatoms. The first-order chi connectivity index (χ1) is 27.0. The number of hydrogen-bond donors (Lipinski definition) is 3. The van der Waals surface area contributed by atoms with Gasteiger partial charge in [-0.15, -0.1) is 0 Å². The highest BCUT2D eigenvalue weighted by Crippen LogP contribution is 2.35. The third-order valence-corrected chi connectivity index (χ3v) is 11.4. The van der Waals surface area contributed by atoms with Crippen molar-refractivity contribution in [3.63, 3.8) is 0 Å². The summed E-state index contributed by atoms with van der Waals surface area (Å²) >= 11 is 0. The number of urea groups is 1. The summed E-state index contributed by atoms with van der Waals surface area (Å²) in [5.41, 5.74) is 4.04. The van der Waals surface area contributed by atoms with Crippen LogP contribution in [0.15, 0.2) is 73.3 Å². The van der Waals surface area contributed by atoms with E-state index in [1.54, 1.807) is 40.1 Å². The van der Waals surface area contributed by atoms with Crippen LogP contribution in [0.4, 0.5) is 16.3 Å². The third kappa shape index (κ3) is 7.50. The molecule has 3 N–H and O–H groups in total. The van der Waals surface area contributed by atoms with E-state index in [1.165, 1.54) is 70.1 Å². The van der Waals surface area contributed by atoms with Crippen LogP contribution in [0.1, 0.15) is 80.6 Å². The predicted octanol–water partition coefficient (Wildman–Crippen LogP) is 6.70. The Morgan fingerprint density at radius 1 is 0.927 bits per heavy atom. The van der Waals surface area contributed by atoms with E-state index < -0.39 is 0 Å². The van der Waals surface area contributed by atoms with Gasteiger partial charge in [-0.25, -0.2) is 9.78 Å². The van der Waals surface area contributed by atoms with Crippen LogP contribution in [0, 0.1) is 5.92 Å². The van der Waals surface area contributed by atoms with Crippen molar-refractivity contribution < 1.29 is 19.1 Å². The Labute approximate surface area is 318 Å². The van der Waals surface area contributed by atoms with Crippen molar-refractivity contribution in [2.45, 2.75) is 76.4 Å². The average molecular weight is 743 g/mol. The number of H-pyrrole nitrogens is 1. The number of nitrogens with zero attached hydrogens (tertiary/aromatic N) is 7. The van der Waals surface area contributed by atoms with Gasteiger partial charge in [0.05, 0.1) is 40.8 Å². The van der Waals surface area contributed by atoms with Crippen LogP contribution in [-0.2, 0) is 4.79 Å². The van der Waals surface area contributed by atoms with Gasteiger partial charge in [-0.1, -0.05) is 25.3 Å². The Morgan fingerprint density at radius 2 is 1.78 bits per heavy atom. The lowest BCUT2D eigenvalue weighted by atomic mass is 9.88. The standard InChI is InChI=1S/C24H32N4O2.C17H14N6O2/c29-23-12-16-28(24(30)25-23)22-8-4-7-21-20(22)11-15-27(21)19-9-13-26(14-10-19)17-18-5-2-1-3-6-18;24-17(21-16-9-18-15-2-1-5-20-23(15)16)12-6-10-8-19-22-13(10)7-14(12)25-11-3-4-11/h4,7-8,11,15,18-19H,1-3,5-6,9-10,12-14,16-17H2,(H,25,29,30);1-2,5-9,11H,3-4H2,(H,19,22)(H,21,24). The van der Waals surface area contributed by atoms with E-state index in [1.807, 2.05) is 24.3 Å². The van der Waals surface area contributed by atoms with Crippen molar-refractivity contribution in [2.24, 2.45) is 5.92 Å². The minimum Gasteiger partial charge on any atom is -0.490 e. The van der Waals surface area contributed by atoms with Gasteiger partial charge in [0.1, 0.15) is 5.75 Å². The zero-order valence-corrected chi connectivity index (χ0v) is 30.8. The summed E-state index contributed by atoms with van der Waals surface area (Å²) in [6, 6.07) is 15.7. The normalized spacial score (nSPS) is 18.7. The number of amides is 4. The van der Waals surface area contributed by atoms with Gasteiger partial charge in [-0.05, 0) is 80.8 Å². The Bertz CT molecular complexity index is 2340. The lowest BCUT2D eigenvalue weighted by molar-refractivity contribution is -0.120. The Balaban J connectivity index is 0.000000147. The maximum absolute atomic E-state index is 12.9. The van der Waals surface area contributed by atoms with Crippen LogP contribution in [0.25, 0.3) is 27.5 Å². The van der Waals surface area contributed by atoms with E-state index in [-0.39, 0.29) is 23.9 Å². The summed E-state index contributed by atoms with van der Waals surface area (Å²) in [5, 5.41) is 18.4. The number of rotatable bonds is 8. The second kappa shape index (κ2) is 15.2. The number of anilines is 2. The number of piperidine rings is 1. The number of aromatic amines is 1. The molecule has 4 aliphatic rings. The lowest BCUT2D eigenvalue weighted by Crippen LogP contribution is -2.49. The summed E-state index contributed by atoms with van der Waals surface area (Å²) in [4.78, 5) is 45.3. The zero-order valence-electron chi connectivity index (χ0n) is 30.8. The molecule has 0 bridgehead atoms. The quantitative estimate of drug-likeness (QED) is 0.156. The molecule has 6 aromatic rings. The molecule has 0 atom stereocenters. The van der Waals surface area contributed by atoms with Crippen molar-refractivity contribution in [2.75, 3.05) is 36.4 Å². The Hall–Kier alpha value is -5.76. The van der Waals surface area contributed by atoms with Gasteiger partial charge in [-0.2, -0.15) is 14.7 Å². The van der Waals surface area contributed by atoms with Crippen LogP contribution in [0.2, 0.25) is 0 Å². The highest BCUT2D eigenvalue weighted by Gasteiger charge is 2.29. The molecule has 2 aromatic carbocycles. The molecule has 10 rings (SSSR count). The topological polar surface area (TPSA) is 155 Å². The van der Waals surface area contributed by atoms with E-state index in [9.17, 15) is 14.4 Å². The number of aromatic nitrogens is 6. The van der Waals surface area contributed by atoms with Gasteiger partial charge in [0.15, 0.2) is 11.5 Å². The van der Waals surface area contributed by atoms with E-state index >= 15 is 0 Å². The first-order valence-corrected chi connectivity index (χ1v) is 19.6. The maximum Gasteiger partial charge on any atom is 0.328 e. The Morgan fingerprint density at radius 3 is 2.60 bits per heavy atom. The molecule has 6 heterocycles. The number of fused-ring (bicyclic) bond motifs is 3. The number of benzene rings is 2. The van der Waals surface area contributed by atoms with Gasteiger partial charge < -0.3 is 19.5 Å². The van der Waals surface area contributed by atoms with Crippen molar-refractivity contribution in [1.82, 2.24) is 39.6 Å². The summed E-state index contributed by atoms with van der Waals surface area (Å²) in [7, 11) is 0. The van der Waals surface area contributed by atoms with Crippen molar-refractivity contribution in [1.29, 1.82) is 0 Å². The Kier molecular flexibility index (Phi) is 9.65. The number of imide groups is 1. The molecule has 2 saturated heterocycles. The van der Waals surface area contributed by atoms with Gasteiger partial charge in [0.2, 0.25) is 5.91 Å². The molecular weight excluding hydrogens is 697 g/mol. The van der Waals surface area contributed by atoms with Gasteiger partial charge in [0, 0.05) is 67.9 Å². The number of nitrogens with one attached hydrogen (secondary N) is 3. The average Bonchev–Trinajstić information content (AvgIpc) is 3.53. The smallest absolute Gasteiger partial charge is 0.328 e. The third-order valence-electron chi connectivity index (χ3n) is 11.4. The fourth-order valence-corrected chi connectivity index (χ4v) is 8.35. The van der Waals surface area contributed by atoms with E-state index in [0.717, 1.165) is 40.7 Å². The van der Waals surface area contributed by atoms with Crippen LogP contribution in [0.5, 0.6) is 5.75 Å². The summed E-state index contributed by atoms with van der Waals surface area (Å²) in [6.45, 7) is 4.08. The molecule has 0 unspecified atom stereocenters.